The van der Waals surface area contributed by atoms with Crippen molar-refractivity contribution in [3.8, 4) is 5.88 Å². The van der Waals surface area contributed by atoms with E-state index in [-0.39, 0.29) is 11.6 Å². The lowest BCUT2D eigenvalue weighted by atomic mass is 10.3. The number of nitrogens with one attached hydrogen (secondary N) is 2. The van der Waals surface area contributed by atoms with Gasteiger partial charge in [-0.15, -0.1) is 0 Å². The first-order valence-corrected chi connectivity index (χ1v) is 7.15. The van der Waals surface area contributed by atoms with Crippen LogP contribution in [0, 0.1) is 0 Å². The highest BCUT2D eigenvalue weighted by atomic mass is 32.2. The lowest BCUT2D eigenvalue weighted by Crippen LogP contribution is -2.39. The van der Waals surface area contributed by atoms with Crippen molar-refractivity contribution < 1.29 is 14.3 Å². The minimum Gasteiger partial charge on any atom is -0.479 e. The maximum Gasteiger partial charge on any atom is 0.323 e. The van der Waals surface area contributed by atoms with Gasteiger partial charge >= 0.3 is 11.8 Å². The van der Waals surface area contributed by atoms with Crippen molar-refractivity contribution in [2.24, 2.45) is 16.8 Å². The first-order chi connectivity index (χ1) is 10.6. The molecule has 120 valence electrons. The van der Waals surface area contributed by atoms with Gasteiger partial charge in [-0.1, -0.05) is 18.7 Å². The van der Waals surface area contributed by atoms with Crippen LogP contribution in [0.1, 0.15) is 13.3 Å². The molecule has 22 heavy (non-hydrogen) atoms. The first-order valence-electron chi connectivity index (χ1n) is 6.16. The molecule has 6 N–H and O–H groups in total. The second-order valence-corrected chi connectivity index (χ2v) is 4.79. The summed E-state index contributed by atoms with van der Waals surface area (Å²) in [5, 5.41) is 6.43. The van der Waals surface area contributed by atoms with Gasteiger partial charge in [0.25, 0.3) is 0 Å². The van der Waals surface area contributed by atoms with Crippen LogP contribution in [0.2, 0.25) is 0 Å². The van der Waals surface area contributed by atoms with Crippen molar-refractivity contribution in [1.29, 1.82) is 0 Å². The highest BCUT2D eigenvalue weighted by Crippen LogP contribution is 2.31. The molecule has 0 fully saturated rings. The summed E-state index contributed by atoms with van der Waals surface area (Å²) in [4.78, 5) is 30.8. The lowest BCUT2D eigenvalue weighted by Gasteiger charge is -2.12. The molecule has 2 amide bonds. The van der Waals surface area contributed by atoms with E-state index in [0.717, 1.165) is 5.71 Å². The maximum absolute atomic E-state index is 11.6. The predicted octanol–water partition coefficient (Wildman–Crippen LogP) is -0.770. The monoisotopic (exact) mass is 327 g/mol. The molecule has 1 aromatic rings. The fraction of sp³-hybridized carbons (Fsp3) is 0.364. The van der Waals surface area contributed by atoms with Crippen LogP contribution in [-0.2, 0) is 9.59 Å². The van der Waals surface area contributed by atoms with Crippen molar-refractivity contribution >= 4 is 35.0 Å². The van der Waals surface area contributed by atoms with Crippen molar-refractivity contribution in [2.75, 3.05) is 18.2 Å². The zero-order chi connectivity index (χ0) is 16.5. The summed E-state index contributed by atoms with van der Waals surface area (Å²) in [5.41, 5.74) is 2.68. The number of rotatable bonds is 6. The highest BCUT2D eigenvalue weighted by Gasteiger charge is 2.19. The summed E-state index contributed by atoms with van der Waals surface area (Å²) in [6.07, 6.45) is 1.97. The van der Waals surface area contributed by atoms with Gasteiger partial charge in [0.15, 0.2) is 0 Å². The molecule has 0 aliphatic heterocycles. The van der Waals surface area contributed by atoms with E-state index in [1.807, 2.05) is 6.92 Å². The van der Waals surface area contributed by atoms with Crippen LogP contribution < -0.4 is 27.2 Å². The van der Waals surface area contributed by atoms with Crippen LogP contribution in [-0.4, -0.2) is 40.4 Å². The quantitative estimate of drug-likeness (QED) is 0.101. The Bertz CT molecular complexity index is 579. The number of nitrogens with two attached hydrogens (primary N) is 2. The SMILES string of the molecule is CCC(CSc1ncnc(OC)c1NC(=O)C(=O)NN)=NN. The summed E-state index contributed by atoms with van der Waals surface area (Å²) >= 11 is 1.28. The number of aromatic nitrogens is 2. The number of carbonyl (C=O) groups excluding carboxylic acids is 2. The number of carbonyl (C=O) groups is 2. The summed E-state index contributed by atoms with van der Waals surface area (Å²) in [7, 11) is 1.38. The number of hydrazone groups is 1. The molecule has 0 saturated carbocycles. The minimum atomic E-state index is -1.00. The Morgan fingerprint density at radius 2 is 2.14 bits per heavy atom. The zero-order valence-corrected chi connectivity index (χ0v) is 12.9. The molecule has 0 aliphatic carbocycles. The average molecular weight is 327 g/mol. The molecule has 0 spiro atoms. The molecule has 1 rings (SSSR count). The fourth-order valence-electron chi connectivity index (χ4n) is 1.34. The minimum absolute atomic E-state index is 0.124. The van der Waals surface area contributed by atoms with Gasteiger partial charge in [-0.25, -0.2) is 10.8 Å². The normalized spacial score (nSPS) is 11.0. The van der Waals surface area contributed by atoms with Crippen LogP contribution in [0.25, 0.3) is 0 Å². The summed E-state index contributed by atoms with van der Waals surface area (Å²) in [6.45, 7) is 1.92. The Morgan fingerprint density at radius 3 is 2.68 bits per heavy atom. The second-order valence-electron chi connectivity index (χ2n) is 3.83. The molecule has 0 aliphatic rings. The summed E-state index contributed by atoms with van der Waals surface area (Å²) in [5.74, 6) is 8.81. The van der Waals surface area contributed by atoms with Crippen molar-refractivity contribution in [2.45, 2.75) is 18.4 Å². The highest BCUT2D eigenvalue weighted by molar-refractivity contribution is 8.00. The summed E-state index contributed by atoms with van der Waals surface area (Å²) in [6, 6.07) is 0. The Morgan fingerprint density at radius 1 is 1.41 bits per heavy atom. The molecule has 0 aromatic carbocycles. The second kappa shape index (κ2) is 8.79. The molecule has 1 aromatic heterocycles. The van der Waals surface area contributed by atoms with Gasteiger partial charge in [0.1, 0.15) is 17.0 Å². The van der Waals surface area contributed by atoms with E-state index in [4.69, 9.17) is 16.4 Å². The Labute approximate surface area is 131 Å². The van der Waals surface area contributed by atoms with Crippen LogP contribution in [0.5, 0.6) is 5.88 Å². The number of methoxy groups -OCH3 is 1. The van der Waals surface area contributed by atoms with Gasteiger partial charge in [-0.3, -0.25) is 15.0 Å². The largest absolute Gasteiger partial charge is 0.479 e. The first kappa shape index (κ1) is 17.7. The standard InChI is InChI=1S/C11H17N7O3S/c1-3-6(17-12)4-22-11-7(10(21-2)14-5-15-11)16-8(19)9(20)18-13/h5H,3-4,12-13H2,1-2H3,(H,16,19)(H,18,20). The average Bonchev–Trinajstić information content (AvgIpc) is 2.55. The van der Waals surface area contributed by atoms with Crippen molar-refractivity contribution in [1.82, 2.24) is 15.4 Å². The Hall–Kier alpha value is -2.40. The smallest absolute Gasteiger partial charge is 0.323 e. The van der Waals surface area contributed by atoms with Gasteiger partial charge in [0.2, 0.25) is 5.88 Å². The molecular formula is C11H17N7O3S. The van der Waals surface area contributed by atoms with Gasteiger partial charge in [-0.2, -0.15) is 10.1 Å². The number of ether oxygens (including phenoxy) is 1. The third kappa shape index (κ3) is 4.56. The van der Waals surface area contributed by atoms with E-state index < -0.39 is 11.8 Å². The fourth-order valence-corrected chi connectivity index (χ4v) is 2.33. The molecular weight excluding hydrogens is 310 g/mol. The number of nitrogens with zero attached hydrogens (tertiary/aromatic N) is 3. The topological polar surface area (TPSA) is 158 Å². The third-order valence-corrected chi connectivity index (χ3v) is 3.57. The lowest BCUT2D eigenvalue weighted by molar-refractivity contribution is -0.136. The van der Waals surface area contributed by atoms with E-state index in [1.54, 1.807) is 5.43 Å². The van der Waals surface area contributed by atoms with Crippen LogP contribution in [0.4, 0.5) is 5.69 Å². The third-order valence-electron chi connectivity index (χ3n) is 2.51. The Kier molecular flexibility index (Phi) is 7.05. The van der Waals surface area contributed by atoms with Crippen LogP contribution in [0.3, 0.4) is 0 Å². The van der Waals surface area contributed by atoms with E-state index in [1.165, 1.54) is 25.2 Å². The van der Waals surface area contributed by atoms with Gasteiger partial charge in [0.05, 0.1) is 7.11 Å². The molecule has 10 nitrogen and oxygen atoms in total. The van der Waals surface area contributed by atoms with E-state index in [2.05, 4.69) is 20.4 Å². The number of hydrazine groups is 1. The van der Waals surface area contributed by atoms with Crippen molar-refractivity contribution in [3.63, 3.8) is 0 Å². The summed E-state index contributed by atoms with van der Waals surface area (Å²) < 4.78 is 5.06. The number of thioether (sulfide) groups is 1. The molecule has 0 radical (unpaired) electrons. The predicted molar refractivity (Wildman–Crippen MR) is 82.2 cm³/mol. The number of anilines is 1. The number of hydrogen-bond donors (Lipinski definition) is 4. The van der Waals surface area contributed by atoms with Gasteiger partial charge < -0.3 is 15.9 Å². The zero-order valence-electron chi connectivity index (χ0n) is 12.1. The maximum atomic E-state index is 11.6. The number of amides is 2. The van der Waals surface area contributed by atoms with Gasteiger partial charge in [0, 0.05) is 11.5 Å². The van der Waals surface area contributed by atoms with E-state index in [0.29, 0.717) is 17.2 Å². The van der Waals surface area contributed by atoms with Crippen LogP contribution in [0.15, 0.2) is 16.5 Å². The van der Waals surface area contributed by atoms with E-state index >= 15 is 0 Å². The van der Waals surface area contributed by atoms with Crippen LogP contribution >= 0.6 is 11.8 Å². The molecule has 0 bridgehead atoms. The molecule has 1 heterocycles. The molecule has 0 unspecified atom stereocenters. The van der Waals surface area contributed by atoms with Gasteiger partial charge in [-0.05, 0) is 6.42 Å². The number of hydrogen-bond acceptors (Lipinski definition) is 9. The van der Waals surface area contributed by atoms with E-state index in [9.17, 15) is 9.59 Å². The molecule has 11 heteroatoms. The molecule has 0 saturated heterocycles. The Balaban J connectivity index is 3.02. The molecule has 0 atom stereocenters. The van der Waals surface area contributed by atoms with Crippen molar-refractivity contribution in [3.05, 3.63) is 6.33 Å².